The number of aliphatic hydroxyl groups excluding tert-OH is 3. The highest BCUT2D eigenvalue weighted by molar-refractivity contribution is 5.75. The van der Waals surface area contributed by atoms with Crippen molar-refractivity contribution in [3.05, 3.63) is 0 Å². The number of aliphatic carboxylic acids is 1. The minimum atomic E-state index is -1.98. The Labute approximate surface area is 294 Å². The Morgan fingerprint density at radius 2 is 1.18 bits per heavy atom. The highest BCUT2D eigenvalue weighted by atomic mass is 16.7. The number of hydrogen-bond acceptors (Lipinski definition) is 16. The summed E-state index contributed by atoms with van der Waals surface area (Å²) in [6.07, 6.45) is -15.4. The van der Waals surface area contributed by atoms with Crippen LogP contribution in [0.15, 0.2) is 0 Å². The zero-order valence-corrected chi connectivity index (χ0v) is 29.5. The van der Waals surface area contributed by atoms with Crippen LogP contribution in [0, 0.1) is 0 Å². The average molecular weight is 737 g/mol. The molecular formula is C31H52N4O16. The number of carboxylic acid groups (broad SMARTS) is 1. The van der Waals surface area contributed by atoms with Crippen molar-refractivity contribution < 1.29 is 77.6 Å². The predicted octanol–water partition coefficient (Wildman–Crippen LogP) is -3.27. The van der Waals surface area contributed by atoms with Gasteiger partial charge in [-0.2, -0.15) is 0 Å². The number of carbonyl (C=O) groups is 5. The highest BCUT2D eigenvalue weighted by Gasteiger charge is 2.55. The summed E-state index contributed by atoms with van der Waals surface area (Å²) in [6, 6.07) is -3.97. The summed E-state index contributed by atoms with van der Waals surface area (Å²) >= 11 is 0. The third-order valence-corrected chi connectivity index (χ3v) is 8.57. The van der Waals surface area contributed by atoms with Gasteiger partial charge in [-0.25, -0.2) is 4.79 Å². The SMILES string of the molecule is CC(=O)N[C@@H]1[C@H](O[C@H]2[C@@H](O)[C@@H](C)O[C@@H](OCCCCCN)[C@@H]2NC(C)=O)O[C@@H](C)[C@@H](O[C@@H]2O[C@H](C(=O)O)[C@@H](O)[C@H](O)[C@H]2NC(C)=O)[C@H]1OC(C)=O. The van der Waals surface area contributed by atoms with Crippen LogP contribution in [-0.2, 0) is 57.1 Å². The first-order valence-corrected chi connectivity index (χ1v) is 16.8. The summed E-state index contributed by atoms with van der Waals surface area (Å²) in [7, 11) is 0. The van der Waals surface area contributed by atoms with Gasteiger partial charge in [0.25, 0.3) is 0 Å². The second kappa shape index (κ2) is 19.1. The molecule has 0 aromatic heterocycles. The molecule has 3 rings (SSSR count). The lowest BCUT2D eigenvalue weighted by atomic mass is 9.93. The predicted molar refractivity (Wildman–Crippen MR) is 170 cm³/mol. The number of carbonyl (C=O) groups excluding carboxylic acids is 4. The molecule has 9 N–H and O–H groups in total. The van der Waals surface area contributed by atoms with Gasteiger partial charge in [-0.3, -0.25) is 19.2 Å². The molecular weight excluding hydrogens is 684 g/mol. The zero-order valence-electron chi connectivity index (χ0n) is 29.5. The molecule has 51 heavy (non-hydrogen) atoms. The Morgan fingerprint density at radius 3 is 1.73 bits per heavy atom. The van der Waals surface area contributed by atoms with Crippen molar-refractivity contribution in [3.8, 4) is 0 Å². The number of rotatable bonds is 15. The lowest BCUT2D eigenvalue weighted by Crippen LogP contribution is -2.71. The van der Waals surface area contributed by atoms with E-state index in [1.165, 1.54) is 20.8 Å². The van der Waals surface area contributed by atoms with Gasteiger partial charge < -0.3 is 75.3 Å². The molecule has 0 radical (unpaired) electrons. The number of carboxylic acids is 1. The van der Waals surface area contributed by atoms with E-state index in [0.717, 1.165) is 26.7 Å². The molecule has 292 valence electrons. The molecule has 3 saturated heterocycles. The quantitative estimate of drug-likeness (QED) is 0.0604. The van der Waals surface area contributed by atoms with E-state index in [1.54, 1.807) is 6.92 Å². The van der Waals surface area contributed by atoms with Crippen LogP contribution in [0.2, 0.25) is 0 Å². The van der Waals surface area contributed by atoms with Crippen LogP contribution in [0.1, 0.15) is 60.8 Å². The monoisotopic (exact) mass is 736 g/mol. The normalized spacial score (nSPS) is 38.3. The summed E-state index contributed by atoms with van der Waals surface area (Å²) in [5.74, 6) is -4.28. The van der Waals surface area contributed by atoms with Gasteiger partial charge in [-0.1, -0.05) is 0 Å². The second-order valence-electron chi connectivity index (χ2n) is 12.8. The number of hydrogen-bond donors (Lipinski definition) is 8. The van der Waals surface area contributed by atoms with Gasteiger partial charge in [-0.05, 0) is 39.7 Å². The van der Waals surface area contributed by atoms with Crippen LogP contribution in [0.25, 0.3) is 0 Å². The van der Waals surface area contributed by atoms with Crippen molar-refractivity contribution in [2.45, 2.75) is 153 Å². The zero-order chi connectivity index (χ0) is 38.2. The summed E-state index contributed by atoms with van der Waals surface area (Å²) in [5.41, 5.74) is 5.57. The van der Waals surface area contributed by atoms with E-state index < -0.39 is 122 Å². The van der Waals surface area contributed by atoms with Gasteiger partial charge in [-0.15, -0.1) is 0 Å². The van der Waals surface area contributed by atoms with Crippen LogP contribution in [-0.4, -0.2) is 155 Å². The number of ether oxygens (including phenoxy) is 7. The molecule has 3 fully saturated rings. The Bertz CT molecular complexity index is 1210. The van der Waals surface area contributed by atoms with Crippen LogP contribution in [0.3, 0.4) is 0 Å². The molecule has 3 amide bonds. The van der Waals surface area contributed by atoms with E-state index in [4.69, 9.17) is 38.9 Å². The molecule has 0 unspecified atom stereocenters. The van der Waals surface area contributed by atoms with Crippen molar-refractivity contribution in [3.63, 3.8) is 0 Å². The lowest BCUT2D eigenvalue weighted by molar-refractivity contribution is -0.343. The largest absolute Gasteiger partial charge is 0.479 e. The standard InChI is InChI=1S/C31H52N4O16/c1-12-21(40)25(19(34-15(4)37)29(46-12)45-11-9-7-8-10-32)50-31-20(35-16(5)38)26(48-17(6)39)24(13(2)47-31)49-30-18(33-14(3)36)22(41)23(42)27(51-30)28(43)44/h12-13,18-27,29-31,40-42H,7-11,32H2,1-6H3,(H,33,36)(H,34,37)(H,35,38)(H,43,44)/t12-,13+,18-,19-,20+,21+,22-,23+,24-,25-,26+,27+,29-,30-,31+/m1/s1. The summed E-state index contributed by atoms with van der Waals surface area (Å²) < 4.78 is 41.5. The fourth-order valence-electron chi connectivity index (χ4n) is 6.23. The molecule has 3 aliphatic rings. The van der Waals surface area contributed by atoms with Gasteiger partial charge in [0.1, 0.15) is 48.6 Å². The molecule has 0 saturated carbocycles. The Kier molecular flexibility index (Phi) is 15.9. The minimum absolute atomic E-state index is 0.243. The summed E-state index contributed by atoms with van der Waals surface area (Å²) in [6.45, 7) is 8.42. The molecule has 0 spiro atoms. The second-order valence-corrected chi connectivity index (χ2v) is 12.8. The van der Waals surface area contributed by atoms with E-state index >= 15 is 0 Å². The Hall–Kier alpha value is -3.05. The van der Waals surface area contributed by atoms with Crippen LogP contribution >= 0.6 is 0 Å². The van der Waals surface area contributed by atoms with E-state index in [0.29, 0.717) is 13.0 Å². The first-order chi connectivity index (χ1) is 24.0. The van der Waals surface area contributed by atoms with Crippen molar-refractivity contribution in [1.29, 1.82) is 0 Å². The van der Waals surface area contributed by atoms with Gasteiger partial charge >= 0.3 is 11.9 Å². The number of unbranched alkanes of at least 4 members (excludes halogenated alkanes) is 2. The van der Waals surface area contributed by atoms with Crippen molar-refractivity contribution >= 4 is 29.7 Å². The van der Waals surface area contributed by atoms with Gasteiger partial charge in [0.15, 0.2) is 31.1 Å². The molecule has 0 aromatic rings. The van der Waals surface area contributed by atoms with E-state index in [-0.39, 0.29) is 6.61 Å². The molecule has 15 atom stereocenters. The number of nitrogens with one attached hydrogen (secondary N) is 3. The van der Waals surface area contributed by atoms with E-state index in [2.05, 4.69) is 16.0 Å². The number of esters is 1. The maximum absolute atomic E-state index is 12.5. The maximum atomic E-state index is 12.5. The fraction of sp³-hybridized carbons (Fsp3) is 0.839. The van der Waals surface area contributed by atoms with Crippen molar-refractivity contribution in [2.75, 3.05) is 13.2 Å². The van der Waals surface area contributed by atoms with Gasteiger partial charge in [0, 0.05) is 34.3 Å². The first kappa shape index (κ1) is 42.4. The van der Waals surface area contributed by atoms with Crippen molar-refractivity contribution in [1.82, 2.24) is 16.0 Å². The molecule has 20 nitrogen and oxygen atoms in total. The summed E-state index contributed by atoms with van der Waals surface area (Å²) in [4.78, 5) is 61.2. The van der Waals surface area contributed by atoms with Crippen LogP contribution < -0.4 is 21.7 Å². The van der Waals surface area contributed by atoms with Crippen molar-refractivity contribution in [2.24, 2.45) is 5.73 Å². The van der Waals surface area contributed by atoms with Gasteiger partial charge in [0.2, 0.25) is 17.7 Å². The smallest absolute Gasteiger partial charge is 0.335 e. The third-order valence-electron chi connectivity index (χ3n) is 8.57. The maximum Gasteiger partial charge on any atom is 0.335 e. The summed E-state index contributed by atoms with van der Waals surface area (Å²) in [5, 5.41) is 49.7. The Balaban J connectivity index is 1.98. The molecule has 0 aromatic carbocycles. The Morgan fingerprint density at radius 1 is 0.647 bits per heavy atom. The number of nitrogens with two attached hydrogens (primary N) is 1. The molecule has 3 aliphatic heterocycles. The topological polar surface area (TPSA) is 293 Å². The molecule has 0 bridgehead atoms. The molecule has 20 heteroatoms. The first-order valence-electron chi connectivity index (χ1n) is 16.8. The molecule has 0 aliphatic carbocycles. The lowest BCUT2D eigenvalue weighted by Gasteiger charge is -2.50. The fourth-order valence-corrected chi connectivity index (χ4v) is 6.23. The minimum Gasteiger partial charge on any atom is -0.479 e. The highest BCUT2D eigenvalue weighted by Crippen LogP contribution is 2.34. The van der Waals surface area contributed by atoms with Gasteiger partial charge in [0.05, 0.1) is 12.2 Å². The third kappa shape index (κ3) is 11.2. The van der Waals surface area contributed by atoms with Crippen LogP contribution in [0.5, 0.6) is 0 Å². The van der Waals surface area contributed by atoms with E-state index in [9.17, 15) is 44.4 Å². The number of aliphatic hydroxyl groups is 3. The molecule has 3 heterocycles. The van der Waals surface area contributed by atoms with Crippen LogP contribution in [0.4, 0.5) is 0 Å². The van der Waals surface area contributed by atoms with E-state index in [1.807, 2.05) is 0 Å². The average Bonchev–Trinajstić information content (AvgIpc) is 3.02. The number of amides is 3.